The van der Waals surface area contributed by atoms with E-state index >= 15 is 0 Å². The summed E-state index contributed by atoms with van der Waals surface area (Å²) in [5.41, 5.74) is 1.78. The number of hydrogen-bond acceptors (Lipinski definition) is 4. The molecule has 144 valence electrons. The number of nitrogens with one attached hydrogen (secondary N) is 2. The molecule has 2 N–H and O–H groups in total. The fourth-order valence-corrected chi connectivity index (χ4v) is 3.46. The number of likely N-dealkylation sites (tertiary alicyclic amines) is 1. The third kappa shape index (κ3) is 3.69. The molecule has 0 radical (unpaired) electrons. The molecule has 2 aromatic rings. The predicted molar refractivity (Wildman–Crippen MR) is 105 cm³/mol. The second kappa shape index (κ2) is 7.72. The Kier molecular flexibility index (Phi) is 4.97. The lowest BCUT2D eigenvalue weighted by atomic mass is 10.1. The van der Waals surface area contributed by atoms with Gasteiger partial charge in [0.15, 0.2) is 6.61 Å². The van der Waals surface area contributed by atoms with Gasteiger partial charge in [0.1, 0.15) is 5.75 Å². The lowest BCUT2D eigenvalue weighted by Gasteiger charge is -2.27. The van der Waals surface area contributed by atoms with Gasteiger partial charge in [-0.3, -0.25) is 14.4 Å². The number of hydrogen-bond donors (Lipinski definition) is 2. The first kappa shape index (κ1) is 18.0. The highest BCUT2D eigenvalue weighted by Gasteiger charge is 2.22. The van der Waals surface area contributed by atoms with Gasteiger partial charge in [-0.15, -0.1) is 0 Å². The highest BCUT2D eigenvalue weighted by Crippen LogP contribution is 2.29. The minimum absolute atomic E-state index is 0.0372. The number of anilines is 2. The Labute approximate surface area is 162 Å². The van der Waals surface area contributed by atoms with E-state index in [-0.39, 0.29) is 24.3 Å². The van der Waals surface area contributed by atoms with Crippen LogP contribution >= 0.6 is 0 Å². The van der Waals surface area contributed by atoms with Gasteiger partial charge in [0.25, 0.3) is 17.7 Å². The minimum Gasteiger partial charge on any atom is -0.482 e. The summed E-state index contributed by atoms with van der Waals surface area (Å²) in [6.07, 6.45) is 3.15. The molecular weight excluding hydrogens is 358 g/mol. The van der Waals surface area contributed by atoms with Crippen molar-refractivity contribution >= 4 is 29.1 Å². The van der Waals surface area contributed by atoms with Gasteiger partial charge in [0.2, 0.25) is 0 Å². The van der Waals surface area contributed by atoms with E-state index in [0.717, 1.165) is 32.4 Å². The van der Waals surface area contributed by atoms with Crippen molar-refractivity contribution in [2.75, 3.05) is 30.3 Å². The van der Waals surface area contributed by atoms with Crippen molar-refractivity contribution in [3.8, 4) is 5.75 Å². The summed E-state index contributed by atoms with van der Waals surface area (Å²) >= 11 is 0. The van der Waals surface area contributed by atoms with E-state index in [4.69, 9.17) is 4.74 Å². The number of benzene rings is 2. The molecule has 0 aliphatic carbocycles. The van der Waals surface area contributed by atoms with Crippen LogP contribution in [0.4, 0.5) is 11.4 Å². The number of piperidine rings is 1. The maximum atomic E-state index is 12.9. The van der Waals surface area contributed by atoms with E-state index in [1.165, 1.54) is 0 Å². The predicted octanol–water partition coefficient (Wildman–Crippen LogP) is 2.90. The Morgan fingerprint density at radius 3 is 2.64 bits per heavy atom. The molecular formula is C21H21N3O4. The molecule has 1 saturated heterocycles. The second-order valence-electron chi connectivity index (χ2n) is 6.90. The van der Waals surface area contributed by atoms with Gasteiger partial charge in [-0.05, 0) is 49.6 Å². The average Bonchev–Trinajstić information content (AvgIpc) is 2.73. The van der Waals surface area contributed by atoms with E-state index in [0.29, 0.717) is 28.3 Å². The molecule has 0 atom stereocenters. The first-order valence-electron chi connectivity index (χ1n) is 9.38. The Hall–Kier alpha value is -3.35. The molecule has 0 saturated carbocycles. The van der Waals surface area contributed by atoms with Crippen molar-refractivity contribution in [2.45, 2.75) is 19.3 Å². The summed E-state index contributed by atoms with van der Waals surface area (Å²) in [5, 5.41) is 5.51. The van der Waals surface area contributed by atoms with Crippen molar-refractivity contribution in [3.63, 3.8) is 0 Å². The van der Waals surface area contributed by atoms with Crippen molar-refractivity contribution in [2.24, 2.45) is 0 Å². The molecule has 7 heteroatoms. The van der Waals surface area contributed by atoms with Crippen LogP contribution in [-0.4, -0.2) is 42.3 Å². The van der Waals surface area contributed by atoms with Crippen molar-refractivity contribution in [1.29, 1.82) is 0 Å². The quantitative estimate of drug-likeness (QED) is 0.858. The van der Waals surface area contributed by atoms with Crippen LogP contribution in [0.3, 0.4) is 0 Å². The Balaban J connectivity index is 1.54. The average molecular weight is 379 g/mol. The van der Waals surface area contributed by atoms with Crippen molar-refractivity contribution in [3.05, 3.63) is 53.6 Å². The molecule has 0 spiro atoms. The van der Waals surface area contributed by atoms with Gasteiger partial charge >= 0.3 is 0 Å². The molecule has 0 aromatic heterocycles. The number of ether oxygens (including phenoxy) is 1. The van der Waals surface area contributed by atoms with Crippen LogP contribution in [0.25, 0.3) is 0 Å². The first-order valence-corrected chi connectivity index (χ1v) is 9.38. The summed E-state index contributed by atoms with van der Waals surface area (Å²) in [6.45, 7) is 1.45. The SMILES string of the molecule is O=C1COc2ccc(C(=O)Nc3ccccc3C(=O)N3CCCCC3)cc2N1. The summed E-state index contributed by atoms with van der Waals surface area (Å²) in [5.74, 6) is -0.164. The largest absolute Gasteiger partial charge is 0.482 e. The van der Waals surface area contributed by atoms with Crippen LogP contribution in [-0.2, 0) is 4.79 Å². The monoisotopic (exact) mass is 379 g/mol. The number of fused-ring (bicyclic) bond motifs is 1. The zero-order chi connectivity index (χ0) is 19.5. The summed E-state index contributed by atoms with van der Waals surface area (Å²) in [4.78, 5) is 38.9. The topological polar surface area (TPSA) is 87.7 Å². The van der Waals surface area contributed by atoms with Crippen molar-refractivity contribution in [1.82, 2.24) is 4.90 Å². The van der Waals surface area contributed by atoms with Gasteiger partial charge in [0.05, 0.1) is 16.9 Å². The molecule has 1 fully saturated rings. The van der Waals surface area contributed by atoms with Crippen LogP contribution in [0.5, 0.6) is 5.75 Å². The van der Waals surface area contributed by atoms with Crippen LogP contribution in [0.2, 0.25) is 0 Å². The van der Waals surface area contributed by atoms with Crippen LogP contribution in [0.15, 0.2) is 42.5 Å². The molecule has 3 amide bonds. The highest BCUT2D eigenvalue weighted by atomic mass is 16.5. The summed E-state index contributed by atoms with van der Waals surface area (Å²) < 4.78 is 5.31. The smallest absolute Gasteiger partial charge is 0.262 e. The van der Waals surface area contributed by atoms with Gasteiger partial charge in [-0.2, -0.15) is 0 Å². The fourth-order valence-electron chi connectivity index (χ4n) is 3.46. The molecule has 2 heterocycles. The Bertz CT molecular complexity index is 935. The molecule has 2 aliphatic heterocycles. The maximum Gasteiger partial charge on any atom is 0.262 e. The van der Waals surface area contributed by atoms with Gasteiger partial charge in [0, 0.05) is 18.7 Å². The van der Waals surface area contributed by atoms with Crippen molar-refractivity contribution < 1.29 is 19.1 Å². The van der Waals surface area contributed by atoms with Gasteiger partial charge < -0.3 is 20.3 Å². The third-order valence-electron chi connectivity index (χ3n) is 4.92. The number of para-hydroxylation sites is 1. The van der Waals surface area contributed by atoms with Gasteiger partial charge in [-0.1, -0.05) is 12.1 Å². The number of carbonyl (C=O) groups is 3. The maximum absolute atomic E-state index is 12.9. The number of nitrogens with zero attached hydrogens (tertiary/aromatic N) is 1. The molecule has 7 nitrogen and oxygen atoms in total. The standard InChI is InChI=1S/C21H21N3O4/c25-19-13-28-18-9-8-14(12-17(18)22-19)20(26)23-16-7-3-2-6-15(16)21(27)24-10-4-1-5-11-24/h2-3,6-9,12H,1,4-5,10-11,13H2,(H,22,25)(H,23,26). The lowest BCUT2D eigenvalue weighted by Crippen LogP contribution is -2.36. The van der Waals surface area contributed by atoms with Crippen LogP contribution < -0.4 is 15.4 Å². The van der Waals surface area contributed by atoms with E-state index < -0.39 is 0 Å². The fraction of sp³-hybridized carbons (Fsp3) is 0.286. The van der Waals surface area contributed by atoms with Crippen LogP contribution in [0, 0.1) is 0 Å². The Morgan fingerprint density at radius 2 is 1.82 bits per heavy atom. The molecule has 4 rings (SSSR count). The number of rotatable bonds is 3. The summed E-state index contributed by atoms with van der Waals surface area (Å²) in [6, 6.07) is 11.9. The molecule has 0 bridgehead atoms. The second-order valence-corrected chi connectivity index (χ2v) is 6.90. The summed E-state index contributed by atoms with van der Waals surface area (Å²) in [7, 11) is 0. The molecule has 28 heavy (non-hydrogen) atoms. The third-order valence-corrected chi connectivity index (χ3v) is 4.92. The lowest BCUT2D eigenvalue weighted by molar-refractivity contribution is -0.118. The zero-order valence-corrected chi connectivity index (χ0v) is 15.4. The molecule has 2 aliphatic rings. The van der Waals surface area contributed by atoms with E-state index in [9.17, 15) is 14.4 Å². The number of amides is 3. The highest BCUT2D eigenvalue weighted by molar-refractivity contribution is 6.10. The zero-order valence-electron chi connectivity index (χ0n) is 15.4. The Morgan fingerprint density at radius 1 is 1.04 bits per heavy atom. The first-order chi connectivity index (χ1) is 13.6. The molecule has 2 aromatic carbocycles. The molecule has 0 unspecified atom stereocenters. The number of carbonyl (C=O) groups excluding carboxylic acids is 3. The van der Waals surface area contributed by atoms with E-state index in [1.54, 1.807) is 42.5 Å². The normalized spacial score (nSPS) is 15.9. The van der Waals surface area contributed by atoms with Gasteiger partial charge in [-0.25, -0.2) is 0 Å². The van der Waals surface area contributed by atoms with E-state index in [2.05, 4.69) is 10.6 Å². The van der Waals surface area contributed by atoms with E-state index in [1.807, 2.05) is 4.90 Å². The minimum atomic E-state index is -0.360. The van der Waals surface area contributed by atoms with Crippen LogP contribution in [0.1, 0.15) is 40.0 Å².